The second-order valence-corrected chi connectivity index (χ2v) is 6.54. The zero-order valence-electron chi connectivity index (χ0n) is 12.4. The van der Waals surface area contributed by atoms with Crippen molar-refractivity contribution in [3.8, 4) is 0 Å². The summed E-state index contributed by atoms with van der Waals surface area (Å²) in [5.41, 5.74) is -0.896. The van der Waals surface area contributed by atoms with Gasteiger partial charge in [-0.15, -0.1) is 0 Å². The number of nitrogens with one attached hydrogen (secondary N) is 1. The summed E-state index contributed by atoms with van der Waals surface area (Å²) in [6.45, 7) is -1.72. The Morgan fingerprint density at radius 2 is 2.12 bits per heavy atom. The maximum absolute atomic E-state index is 12.8. The van der Waals surface area contributed by atoms with Crippen LogP contribution in [0.2, 0.25) is 0 Å². The van der Waals surface area contributed by atoms with E-state index in [0.717, 1.165) is 10.9 Å². The van der Waals surface area contributed by atoms with Crippen molar-refractivity contribution in [1.82, 2.24) is 19.5 Å². The average molecular weight is 380 g/mol. The Hall–Kier alpha value is -1.73. The molecule has 2 aromatic heterocycles. The quantitative estimate of drug-likeness (QED) is 0.376. The summed E-state index contributed by atoms with van der Waals surface area (Å²) in [7, 11) is -4.79. The number of aromatic amines is 1. The first-order valence-corrected chi connectivity index (χ1v) is 8.47. The van der Waals surface area contributed by atoms with Gasteiger partial charge in [-0.2, -0.15) is 0 Å². The molecule has 0 unspecified atom stereocenters. The molecule has 0 spiro atoms. The number of ether oxygens (including phenoxy) is 1. The molecule has 0 saturated carbocycles. The maximum Gasteiger partial charge on any atom is 0.469 e. The topological polar surface area (TPSA) is 180 Å². The number of phosphoric acid groups is 1. The minimum atomic E-state index is -4.79. The van der Waals surface area contributed by atoms with Crippen LogP contribution in [0.5, 0.6) is 0 Å². The number of H-pyrrole nitrogens is 1. The number of nitrogens with zero attached hydrogens (tertiary/aromatic N) is 3. The van der Waals surface area contributed by atoms with Crippen molar-refractivity contribution in [2.45, 2.75) is 31.2 Å². The van der Waals surface area contributed by atoms with Crippen LogP contribution in [0.4, 0.5) is 4.39 Å². The lowest BCUT2D eigenvalue weighted by Gasteiger charge is -2.16. The van der Waals surface area contributed by atoms with Crippen LogP contribution in [0, 0.1) is 0 Å². The molecule has 1 saturated heterocycles. The van der Waals surface area contributed by atoms with E-state index >= 15 is 0 Å². The Morgan fingerprint density at radius 1 is 1.40 bits per heavy atom. The molecule has 25 heavy (non-hydrogen) atoms. The summed E-state index contributed by atoms with van der Waals surface area (Å²) in [5, 5.41) is 20.1. The van der Waals surface area contributed by atoms with Crippen LogP contribution in [-0.2, 0) is 20.5 Å². The summed E-state index contributed by atoms with van der Waals surface area (Å²) in [5.74, 6) is -0.256. The van der Waals surface area contributed by atoms with Crippen LogP contribution in [0.1, 0.15) is 12.1 Å². The van der Waals surface area contributed by atoms with Crippen molar-refractivity contribution >= 4 is 19.0 Å². The fraction of sp³-hybridized carbons (Fsp3) is 0.545. The third-order valence-corrected chi connectivity index (χ3v) is 4.11. The summed E-state index contributed by atoms with van der Waals surface area (Å²) in [6, 6.07) is 0. The number of imidazole rings is 1. The summed E-state index contributed by atoms with van der Waals surface area (Å²) < 4.78 is 34.3. The van der Waals surface area contributed by atoms with Gasteiger partial charge in [0.1, 0.15) is 30.8 Å². The number of fused-ring (bicyclic) bond motifs is 1. The van der Waals surface area contributed by atoms with Gasteiger partial charge in [0.25, 0.3) is 5.56 Å². The number of aliphatic hydroxyl groups excluding tert-OH is 2. The summed E-state index contributed by atoms with van der Waals surface area (Å²) in [6.07, 6.45) is -4.48. The van der Waals surface area contributed by atoms with Gasteiger partial charge < -0.3 is 29.7 Å². The average Bonchev–Trinajstić information content (AvgIpc) is 3.08. The molecule has 4 atom stereocenters. The lowest BCUT2D eigenvalue weighted by atomic mass is 10.1. The SMILES string of the molecule is O=c1[nH]c(CF)nc2c1ncn2[C@H]1O[C@@H](COP(=O)(O)O)[C@H](O)[C@@H]1O. The predicted octanol–water partition coefficient (Wildman–Crippen LogP) is -1.68. The Balaban J connectivity index is 1.91. The molecular weight excluding hydrogens is 366 g/mol. The lowest BCUT2D eigenvalue weighted by Crippen LogP contribution is -2.33. The highest BCUT2D eigenvalue weighted by Crippen LogP contribution is 2.38. The molecule has 1 aliphatic rings. The number of aliphatic hydroxyl groups is 2. The number of hydrogen-bond acceptors (Lipinski definition) is 8. The number of alkyl halides is 1. The van der Waals surface area contributed by atoms with Gasteiger partial charge in [-0.25, -0.2) is 18.9 Å². The molecule has 1 fully saturated rings. The van der Waals surface area contributed by atoms with Crippen LogP contribution >= 0.6 is 7.82 Å². The lowest BCUT2D eigenvalue weighted by molar-refractivity contribution is -0.0504. The largest absolute Gasteiger partial charge is 0.469 e. The van der Waals surface area contributed by atoms with Gasteiger partial charge >= 0.3 is 7.82 Å². The molecule has 3 heterocycles. The van der Waals surface area contributed by atoms with E-state index in [4.69, 9.17) is 14.5 Å². The molecule has 3 rings (SSSR count). The smallest absolute Gasteiger partial charge is 0.387 e. The molecule has 0 aliphatic carbocycles. The van der Waals surface area contributed by atoms with Crippen LogP contribution in [0.25, 0.3) is 11.2 Å². The Morgan fingerprint density at radius 3 is 2.76 bits per heavy atom. The van der Waals surface area contributed by atoms with Crippen LogP contribution in [0.15, 0.2) is 11.1 Å². The fourth-order valence-electron chi connectivity index (χ4n) is 2.49. The summed E-state index contributed by atoms with van der Waals surface area (Å²) in [4.78, 5) is 39.1. The zero-order chi connectivity index (χ0) is 18.4. The van der Waals surface area contributed by atoms with Gasteiger partial charge in [0.15, 0.2) is 17.4 Å². The third kappa shape index (κ3) is 3.48. The predicted molar refractivity (Wildman–Crippen MR) is 76.9 cm³/mol. The van der Waals surface area contributed by atoms with E-state index in [1.807, 2.05) is 0 Å². The van der Waals surface area contributed by atoms with Crippen LogP contribution < -0.4 is 5.56 Å². The standard InChI is InChI=1S/C11H14FN4O8P/c12-1-5-14-9-6(10(19)15-5)13-3-16(9)11-8(18)7(17)4(24-11)2-23-25(20,21)22/h3-4,7-8,11,17-18H,1-2H2,(H,14,15,19)(H2,20,21,22)/t4-,7-,8-,11-/m0/s1. The van der Waals surface area contributed by atoms with Crippen molar-refractivity contribution in [3.63, 3.8) is 0 Å². The van der Waals surface area contributed by atoms with E-state index < -0.39 is 51.2 Å². The van der Waals surface area contributed by atoms with Crippen molar-refractivity contribution in [2.24, 2.45) is 0 Å². The molecule has 5 N–H and O–H groups in total. The van der Waals surface area contributed by atoms with Gasteiger partial charge in [-0.3, -0.25) is 13.9 Å². The van der Waals surface area contributed by atoms with Crippen molar-refractivity contribution in [1.29, 1.82) is 0 Å². The highest BCUT2D eigenvalue weighted by molar-refractivity contribution is 7.46. The molecular formula is C11H14FN4O8P. The minimum Gasteiger partial charge on any atom is -0.387 e. The molecule has 2 aromatic rings. The van der Waals surface area contributed by atoms with E-state index in [9.17, 15) is 24.0 Å². The first-order chi connectivity index (χ1) is 11.7. The zero-order valence-corrected chi connectivity index (χ0v) is 13.3. The molecule has 0 amide bonds. The molecule has 138 valence electrons. The normalized spacial score (nSPS) is 27.2. The van der Waals surface area contributed by atoms with Gasteiger partial charge in [0, 0.05) is 0 Å². The second kappa shape index (κ2) is 6.53. The molecule has 14 heteroatoms. The van der Waals surface area contributed by atoms with E-state index in [1.165, 1.54) is 0 Å². The molecule has 12 nitrogen and oxygen atoms in total. The number of halogens is 1. The number of phosphoric ester groups is 1. The minimum absolute atomic E-state index is 0.0794. The van der Waals surface area contributed by atoms with Crippen LogP contribution in [0.3, 0.4) is 0 Å². The molecule has 0 radical (unpaired) electrons. The number of aromatic nitrogens is 4. The molecule has 0 bridgehead atoms. The van der Waals surface area contributed by atoms with Gasteiger partial charge in [-0.1, -0.05) is 0 Å². The molecule has 0 aromatic carbocycles. The van der Waals surface area contributed by atoms with Crippen molar-refractivity contribution in [2.75, 3.05) is 6.61 Å². The highest BCUT2D eigenvalue weighted by atomic mass is 31.2. The Labute approximate surface area is 138 Å². The van der Waals surface area contributed by atoms with E-state index in [1.54, 1.807) is 0 Å². The third-order valence-electron chi connectivity index (χ3n) is 3.63. The maximum atomic E-state index is 12.8. The van der Waals surface area contributed by atoms with Crippen molar-refractivity contribution in [3.05, 3.63) is 22.5 Å². The van der Waals surface area contributed by atoms with Crippen molar-refractivity contribution < 1.29 is 38.2 Å². The Kier molecular flexibility index (Phi) is 4.72. The second-order valence-electron chi connectivity index (χ2n) is 5.30. The highest BCUT2D eigenvalue weighted by Gasteiger charge is 2.45. The van der Waals surface area contributed by atoms with Crippen LogP contribution in [-0.4, -0.2) is 64.4 Å². The van der Waals surface area contributed by atoms with E-state index in [2.05, 4.69) is 19.5 Å². The van der Waals surface area contributed by atoms with Gasteiger partial charge in [0.2, 0.25) is 0 Å². The fourth-order valence-corrected chi connectivity index (χ4v) is 2.83. The van der Waals surface area contributed by atoms with Gasteiger partial charge in [-0.05, 0) is 0 Å². The first kappa shape index (κ1) is 18.1. The number of rotatable bonds is 5. The van der Waals surface area contributed by atoms with E-state index in [0.29, 0.717) is 0 Å². The summed E-state index contributed by atoms with van der Waals surface area (Å²) >= 11 is 0. The first-order valence-electron chi connectivity index (χ1n) is 6.94. The van der Waals surface area contributed by atoms with E-state index in [-0.39, 0.29) is 17.0 Å². The number of hydrogen-bond donors (Lipinski definition) is 5. The molecule has 1 aliphatic heterocycles. The monoisotopic (exact) mass is 380 g/mol. The van der Waals surface area contributed by atoms with Gasteiger partial charge in [0.05, 0.1) is 12.9 Å². The Bertz CT molecular complexity index is 881.